The number of morpholine rings is 1. The highest BCUT2D eigenvalue weighted by Gasteiger charge is 2.17. The lowest BCUT2D eigenvalue weighted by atomic mass is 10.1. The third kappa shape index (κ3) is 2.93. The molecule has 2 aromatic carbocycles. The highest BCUT2D eigenvalue weighted by molar-refractivity contribution is 6.01. The molecule has 0 spiro atoms. The van der Waals surface area contributed by atoms with Gasteiger partial charge in [-0.3, -0.25) is 0 Å². The van der Waals surface area contributed by atoms with Gasteiger partial charge in [0.25, 0.3) is 0 Å². The van der Waals surface area contributed by atoms with Crippen LogP contribution in [0.2, 0.25) is 0 Å². The lowest BCUT2D eigenvalue weighted by Crippen LogP contribution is -2.37. The first kappa shape index (κ1) is 15.0. The molecule has 122 valence electrons. The van der Waals surface area contributed by atoms with E-state index in [-0.39, 0.29) is 0 Å². The van der Waals surface area contributed by atoms with Gasteiger partial charge in [-0.15, -0.1) is 0 Å². The quantitative estimate of drug-likeness (QED) is 0.788. The Morgan fingerprint density at radius 3 is 2.54 bits per heavy atom. The van der Waals surface area contributed by atoms with Crippen molar-refractivity contribution in [1.82, 2.24) is 4.98 Å². The molecule has 4 heteroatoms. The Hall–Kier alpha value is -2.59. The summed E-state index contributed by atoms with van der Waals surface area (Å²) in [4.78, 5) is 7.14. The average molecular weight is 319 g/mol. The number of aromatic nitrogens is 1. The molecule has 4 rings (SSSR count). The Balaban J connectivity index is 1.80. The summed E-state index contributed by atoms with van der Waals surface area (Å²) >= 11 is 0. The van der Waals surface area contributed by atoms with Crippen molar-refractivity contribution < 1.29 is 4.74 Å². The molecule has 0 aliphatic carbocycles. The summed E-state index contributed by atoms with van der Waals surface area (Å²) in [7, 11) is 0. The predicted octanol–water partition coefficient (Wildman–Crippen LogP) is 4.12. The molecule has 0 saturated carbocycles. The first-order valence-electron chi connectivity index (χ1n) is 8.36. The molecule has 1 aliphatic rings. The smallest absolute Gasteiger partial charge is 0.136 e. The molecular formula is C20H21N3O. The molecule has 4 nitrogen and oxygen atoms in total. The zero-order chi connectivity index (χ0) is 16.4. The van der Waals surface area contributed by atoms with Crippen LogP contribution in [0, 0.1) is 6.92 Å². The number of para-hydroxylation sites is 1. The molecule has 0 radical (unpaired) electrons. The average Bonchev–Trinajstić information content (AvgIpc) is 2.63. The molecule has 0 bridgehead atoms. The maximum atomic E-state index is 5.48. The minimum absolute atomic E-state index is 0.763. The van der Waals surface area contributed by atoms with E-state index in [4.69, 9.17) is 9.72 Å². The number of pyridine rings is 1. The van der Waals surface area contributed by atoms with Gasteiger partial charge in [-0.25, -0.2) is 4.98 Å². The van der Waals surface area contributed by atoms with Gasteiger partial charge in [0.2, 0.25) is 0 Å². The first-order chi connectivity index (χ1) is 11.8. The van der Waals surface area contributed by atoms with Gasteiger partial charge in [-0.1, -0.05) is 30.3 Å². The lowest BCUT2D eigenvalue weighted by Gasteiger charge is -2.29. The van der Waals surface area contributed by atoms with E-state index in [2.05, 4.69) is 53.5 Å². The van der Waals surface area contributed by atoms with Gasteiger partial charge in [-0.05, 0) is 31.2 Å². The number of fused-ring (bicyclic) bond motifs is 1. The largest absolute Gasteiger partial charge is 0.378 e. The second kappa shape index (κ2) is 6.49. The molecule has 24 heavy (non-hydrogen) atoms. The molecule has 1 N–H and O–H groups in total. The maximum absolute atomic E-state index is 5.48. The van der Waals surface area contributed by atoms with Gasteiger partial charge in [0, 0.05) is 40.9 Å². The van der Waals surface area contributed by atoms with Crippen molar-refractivity contribution in [2.45, 2.75) is 6.92 Å². The number of benzene rings is 2. The van der Waals surface area contributed by atoms with Crippen LogP contribution in [0.3, 0.4) is 0 Å². The van der Waals surface area contributed by atoms with Crippen LogP contribution < -0.4 is 10.2 Å². The second-order valence-electron chi connectivity index (χ2n) is 6.08. The molecule has 0 unspecified atom stereocenters. The summed E-state index contributed by atoms with van der Waals surface area (Å²) in [6, 6.07) is 18.8. The summed E-state index contributed by atoms with van der Waals surface area (Å²) in [5.41, 5.74) is 3.23. The van der Waals surface area contributed by atoms with Crippen LogP contribution in [0.5, 0.6) is 0 Å². The molecule has 2 heterocycles. The summed E-state index contributed by atoms with van der Waals surface area (Å²) in [6.07, 6.45) is 0. The fraction of sp³-hybridized carbons (Fsp3) is 0.250. The number of aryl methyl sites for hydroxylation is 1. The zero-order valence-corrected chi connectivity index (χ0v) is 13.8. The molecule has 1 aliphatic heterocycles. The molecule has 0 amide bonds. The predicted molar refractivity (Wildman–Crippen MR) is 99.2 cm³/mol. The van der Waals surface area contributed by atoms with Crippen molar-refractivity contribution >= 4 is 28.0 Å². The number of hydrogen-bond acceptors (Lipinski definition) is 4. The molecule has 1 aromatic heterocycles. The highest BCUT2D eigenvalue weighted by Crippen LogP contribution is 2.32. The number of anilines is 3. The number of nitrogens with zero attached hydrogens (tertiary/aromatic N) is 2. The Kier molecular flexibility index (Phi) is 4.05. The molecule has 0 atom stereocenters. The summed E-state index contributed by atoms with van der Waals surface area (Å²) in [5.74, 6) is 1.06. The van der Waals surface area contributed by atoms with E-state index in [0.29, 0.717) is 0 Å². The van der Waals surface area contributed by atoms with Crippen molar-refractivity contribution in [1.29, 1.82) is 0 Å². The molecule has 1 saturated heterocycles. The van der Waals surface area contributed by atoms with E-state index in [9.17, 15) is 0 Å². The number of ether oxygens (including phenoxy) is 1. The van der Waals surface area contributed by atoms with E-state index < -0.39 is 0 Å². The van der Waals surface area contributed by atoms with Crippen molar-refractivity contribution in [2.24, 2.45) is 0 Å². The van der Waals surface area contributed by atoms with Crippen molar-refractivity contribution in [3.05, 3.63) is 60.3 Å². The summed E-state index contributed by atoms with van der Waals surface area (Å²) in [5, 5.41) is 5.92. The van der Waals surface area contributed by atoms with Crippen LogP contribution in [0.15, 0.2) is 54.6 Å². The van der Waals surface area contributed by atoms with Gasteiger partial charge >= 0.3 is 0 Å². The Bertz CT molecular complexity index is 842. The van der Waals surface area contributed by atoms with Crippen LogP contribution in [0.1, 0.15) is 5.69 Å². The third-order valence-corrected chi connectivity index (χ3v) is 4.35. The number of rotatable bonds is 3. The second-order valence-corrected chi connectivity index (χ2v) is 6.08. The van der Waals surface area contributed by atoms with E-state index in [0.717, 1.165) is 49.2 Å². The SMILES string of the molecule is Cc1cc2c(Nc3ccccc3)cccc2c(N2CCOCC2)n1. The minimum atomic E-state index is 0.763. The van der Waals surface area contributed by atoms with Crippen LogP contribution in [0.4, 0.5) is 17.2 Å². The van der Waals surface area contributed by atoms with Gasteiger partial charge < -0.3 is 15.0 Å². The highest BCUT2D eigenvalue weighted by atomic mass is 16.5. The summed E-state index contributed by atoms with van der Waals surface area (Å²) < 4.78 is 5.48. The minimum Gasteiger partial charge on any atom is -0.378 e. The van der Waals surface area contributed by atoms with Gasteiger partial charge in [-0.2, -0.15) is 0 Å². The van der Waals surface area contributed by atoms with E-state index in [1.54, 1.807) is 0 Å². The van der Waals surface area contributed by atoms with Crippen molar-refractivity contribution in [3.63, 3.8) is 0 Å². The third-order valence-electron chi connectivity index (χ3n) is 4.35. The first-order valence-corrected chi connectivity index (χ1v) is 8.36. The molecule has 1 fully saturated rings. The van der Waals surface area contributed by atoms with Crippen LogP contribution in [-0.2, 0) is 4.74 Å². The Morgan fingerprint density at radius 2 is 1.75 bits per heavy atom. The van der Waals surface area contributed by atoms with Crippen molar-refractivity contribution in [2.75, 3.05) is 36.5 Å². The topological polar surface area (TPSA) is 37.4 Å². The van der Waals surface area contributed by atoms with E-state index in [1.165, 1.54) is 10.8 Å². The van der Waals surface area contributed by atoms with Crippen LogP contribution in [-0.4, -0.2) is 31.3 Å². The standard InChI is InChI=1S/C20H21N3O/c1-15-14-18-17(20(21-15)23-10-12-24-13-11-23)8-5-9-19(18)22-16-6-3-2-4-7-16/h2-9,14,22H,10-13H2,1H3. The summed E-state index contributed by atoms with van der Waals surface area (Å²) in [6.45, 7) is 5.37. The Morgan fingerprint density at radius 1 is 0.958 bits per heavy atom. The van der Waals surface area contributed by atoms with Crippen LogP contribution in [0.25, 0.3) is 10.8 Å². The monoisotopic (exact) mass is 319 g/mol. The zero-order valence-electron chi connectivity index (χ0n) is 13.8. The fourth-order valence-corrected chi connectivity index (χ4v) is 3.19. The van der Waals surface area contributed by atoms with Gasteiger partial charge in [0.1, 0.15) is 5.82 Å². The normalized spacial score (nSPS) is 14.8. The van der Waals surface area contributed by atoms with E-state index in [1.807, 2.05) is 18.2 Å². The molecule has 3 aromatic rings. The molecular weight excluding hydrogens is 298 g/mol. The van der Waals surface area contributed by atoms with Crippen molar-refractivity contribution in [3.8, 4) is 0 Å². The van der Waals surface area contributed by atoms with E-state index >= 15 is 0 Å². The Labute approximate surface area is 142 Å². The van der Waals surface area contributed by atoms with Gasteiger partial charge in [0.15, 0.2) is 0 Å². The fourth-order valence-electron chi connectivity index (χ4n) is 3.19. The number of nitrogens with one attached hydrogen (secondary N) is 1. The maximum Gasteiger partial charge on any atom is 0.136 e. The van der Waals surface area contributed by atoms with Crippen LogP contribution >= 0.6 is 0 Å². The lowest BCUT2D eigenvalue weighted by molar-refractivity contribution is 0.122. The van der Waals surface area contributed by atoms with Gasteiger partial charge in [0.05, 0.1) is 13.2 Å². The number of hydrogen-bond donors (Lipinski definition) is 1.